The fourth-order valence-electron chi connectivity index (χ4n) is 4.27. The van der Waals surface area contributed by atoms with Crippen LogP contribution in [0.15, 0.2) is 0 Å². The molecule has 0 aromatic heterocycles. The zero-order valence-corrected chi connectivity index (χ0v) is 14.0. The van der Waals surface area contributed by atoms with Gasteiger partial charge in [-0.3, -0.25) is 16.2 Å². The average molecular weight is 344 g/mol. The Labute approximate surface area is 142 Å². The van der Waals surface area contributed by atoms with Crippen molar-refractivity contribution in [1.82, 2.24) is 32.1 Å². The van der Waals surface area contributed by atoms with Crippen LogP contribution in [-0.2, 0) is 9.47 Å². The molecule has 3 aliphatic heterocycles. The van der Waals surface area contributed by atoms with E-state index in [1.165, 1.54) is 0 Å². The molecule has 4 bridgehead atoms. The van der Waals surface area contributed by atoms with Crippen molar-refractivity contribution in [3.8, 4) is 0 Å². The molecule has 4 rings (SSSR count). The van der Waals surface area contributed by atoms with E-state index < -0.39 is 6.17 Å². The van der Waals surface area contributed by atoms with Crippen molar-refractivity contribution in [2.45, 2.75) is 49.7 Å². The maximum absolute atomic E-state index is 13.9. The van der Waals surface area contributed by atoms with Gasteiger partial charge in [-0.2, -0.15) is 5.12 Å². The van der Waals surface area contributed by atoms with Crippen molar-refractivity contribution < 1.29 is 13.9 Å². The minimum absolute atomic E-state index is 0.156. The highest BCUT2D eigenvalue weighted by Crippen LogP contribution is 2.33. The summed E-state index contributed by atoms with van der Waals surface area (Å²) in [6.45, 7) is 3.01. The molecule has 6 unspecified atom stereocenters. The molecule has 1 saturated carbocycles. The van der Waals surface area contributed by atoms with Gasteiger partial charge >= 0.3 is 0 Å². The van der Waals surface area contributed by atoms with Gasteiger partial charge in [0.25, 0.3) is 0 Å². The summed E-state index contributed by atoms with van der Waals surface area (Å²) < 4.78 is 25.3. The molecule has 5 N–H and O–H groups in total. The third-order valence-corrected chi connectivity index (χ3v) is 5.55. The second-order valence-electron chi connectivity index (χ2n) is 7.21. The Kier molecular flexibility index (Phi) is 5.60. The monoisotopic (exact) mass is 344 g/mol. The average Bonchev–Trinajstić information content (AvgIpc) is 3.21. The molecule has 4 aliphatic rings. The number of nitrogens with zero attached hydrogens (tertiary/aromatic N) is 1. The van der Waals surface area contributed by atoms with E-state index in [-0.39, 0.29) is 19.3 Å². The first-order chi connectivity index (χ1) is 11.8. The maximum Gasteiger partial charge on any atom is 0.136 e. The molecule has 7 atom stereocenters. The van der Waals surface area contributed by atoms with E-state index in [4.69, 9.17) is 9.47 Å². The number of halogens is 1. The van der Waals surface area contributed by atoms with E-state index in [0.29, 0.717) is 37.4 Å². The predicted octanol–water partition coefficient (Wildman–Crippen LogP) is -1.37. The van der Waals surface area contributed by atoms with Gasteiger partial charge < -0.3 is 9.47 Å². The molecule has 9 heteroatoms. The summed E-state index contributed by atoms with van der Waals surface area (Å²) >= 11 is 0. The first kappa shape index (κ1) is 17.0. The first-order valence-corrected chi connectivity index (χ1v) is 9.12. The zero-order valence-electron chi connectivity index (χ0n) is 14.0. The van der Waals surface area contributed by atoms with Crippen LogP contribution in [0.3, 0.4) is 0 Å². The first-order valence-electron chi connectivity index (χ1n) is 9.12. The minimum atomic E-state index is -0.988. The lowest BCUT2D eigenvalue weighted by Gasteiger charge is -2.35. The summed E-state index contributed by atoms with van der Waals surface area (Å²) in [5, 5.41) is 4.98. The molecule has 0 spiro atoms. The Morgan fingerprint density at radius 1 is 1.08 bits per heavy atom. The van der Waals surface area contributed by atoms with E-state index in [2.05, 4.69) is 27.0 Å². The molecule has 1 aliphatic carbocycles. The quantitative estimate of drug-likeness (QED) is 0.368. The van der Waals surface area contributed by atoms with Gasteiger partial charge in [0, 0.05) is 25.2 Å². The number of hydrogen-bond acceptors (Lipinski definition) is 8. The molecule has 3 saturated heterocycles. The highest BCUT2D eigenvalue weighted by molar-refractivity contribution is 5.01. The lowest BCUT2D eigenvalue weighted by Crippen LogP contribution is -2.51. The van der Waals surface area contributed by atoms with Gasteiger partial charge in [0.15, 0.2) is 0 Å². The molecule has 8 nitrogen and oxygen atoms in total. The minimum Gasteiger partial charge on any atom is -0.375 e. The Bertz CT molecular complexity index is 419. The second kappa shape index (κ2) is 7.88. The summed E-state index contributed by atoms with van der Waals surface area (Å²) in [7, 11) is 0. The maximum atomic E-state index is 13.9. The molecule has 138 valence electrons. The van der Waals surface area contributed by atoms with Crippen LogP contribution in [0.2, 0.25) is 0 Å². The van der Waals surface area contributed by atoms with Crippen molar-refractivity contribution in [3.63, 3.8) is 0 Å². The number of alkyl halides is 1. The van der Waals surface area contributed by atoms with Gasteiger partial charge in [-0.25, -0.2) is 15.2 Å². The van der Waals surface area contributed by atoms with Gasteiger partial charge in [0.1, 0.15) is 6.17 Å². The largest absolute Gasteiger partial charge is 0.375 e. The molecule has 0 aromatic carbocycles. The Morgan fingerprint density at radius 2 is 2.04 bits per heavy atom. The number of hydrazine groups is 3. The molecule has 24 heavy (non-hydrogen) atoms. The van der Waals surface area contributed by atoms with E-state index in [1.807, 2.05) is 5.12 Å². The summed E-state index contributed by atoms with van der Waals surface area (Å²) in [6, 6.07) is 1.15. The summed E-state index contributed by atoms with van der Waals surface area (Å²) in [5.41, 5.74) is 13.8. The van der Waals surface area contributed by atoms with Crippen molar-refractivity contribution in [3.05, 3.63) is 0 Å². The van der Waals surface area contributed by atoms with Crippen molar-refractivity contribution in [2.75, 3.05) is 39.6 Å². The molecule has 3 heterocycles. The van der Waals surface area contributed by atoms with Gasteiger partial charge in [-0.1, -0.05) is 0 Å². The van der Waals surface area contributed by atoms with Crippen LogP contribution in [0.4, 0.5) is 4.39 Å². The second-order valence-corrected chi connectivity index (χ2v) is 7.21. The van der Waals surface area contributed by atoms with Crippen LogP contribution in [0.25, 0.3) is 0 Å². The molecular formula is C15H29FN6O2. The van der Waals surface area contributed by atoms with Crippen LogP contribution in [0.1, 0.15) is 19.3 Å². The van der Waals surface area contributed by atoms with Crippen LogP contribution < -0.4 is 27.0 Å². The summed E-state index contributed by atoms with van der Waals surface area (Å²) in [4.78, 5) is 0. The van der Waals surface area contributed by atoms with Crippen molar-refractivity contribution in [2.24, 2.45) is 5.92 Å². The topological polar surface area (TPSA) is 81.9 Å². The zero-order chi connectivity index (χ0) is 16.4. The summed E-state index contributed by atoms with van der Waals surface area (Å²) in [6.07, 6.45) is 2.22. The number of rotatable bonds is 0. The highest BCUT2D eigenvalue weighted by atomic mass is 19.1. The normalized spacial score (nSPS) is 47.6. The van der Waals surface area contributed by atoms with Crippen LogP contribution in [0.5, 0.6) is 0 Å². The Morgan fingerprint density at radius 3 is 3.00 bits per heavy atom. The lowest BCUT2D eigenvalue weighted by atomic mass is 9.78. The van der Waals surface area contributed by atoms with E-state index in [9.17, 15) is 4.39 Å². The highest BCUT2D eigenvalue weighted by Gasteiger charge is 2.45. The number of hydrogen-bond donors (Lipinski definition) is 5. The van der Waals surface area contributed by atoms with E-state index in [0.717, 1.165) is 32.4 Å². The van der Waals surface area contributed by atoms with Crippen molar-refractivity contribution in [1.29, 1.82) is 0 Å². The van der Waals surface area contributed by atoms with Gasteiger partial charge in [0.05, 0.1) is 38.6 Å². The number of ether oxygens (including phenoxy) is 2. The van der Waals surface area contributed by atoms with Crippen molar-refractivity contribution >= 4 is 0 Å². The van der Waals surface area contributed by atoms with Crippen LogP contribution >= 0.6 is 0 Å². The molecule has 0 radical (unpaired) electrons. The number of nitrogens with one attached hydrogen (secondary N) is 5. The number of fused-ring (bicyclic) bond motifs is 4. The van der Waals surface area contributed by atoms with Crippen LogP contribution in [0, 0.1) is 5.92 Å². The fraction of sp³-hybridized carbons (Fsp3) is 1.00. The smallest absolute Gasteiger partial charge is 0.136 e. The van der Waals surface area contributed by atoms with Crippen LogP contribution in [-0.4, -0.2) is 75.1 Å². The van der Waals surface area contributed by atoms with E-state index >= 15 is 0 Å². The predicted molar refractivity (Wildman–Crippen MR) is 86.3 cm³/mol. The van der Waals surface area contributed by atoms with Gasteiger partial charge in [0.2, 0.25) is 0 Å². The fourth-order valence-corrected chi connectivity index (χ4v) is 4.27. The Balaban J connectivity index is 1.41. The third-order valence-electron chi connectivity index (χ3n) is 5.55. The molecular weight excluding hydrogens is 315 g/mol. The van der Waals surface area contributed by atoms with Gasteiger partial charge in [-0.05, 0) is 25.2 Å². The van der Waals surface area contributed by atoms with Gasteiger partial charge in [-0.15, -0.1) is 0 Å². The lowest BCUT2D eigenvalue weighted by molar-refractivity contribution is -0.0199. The molecule has 0 aromatic rings. The van der Waals surface area contributed by atoms with E-state index in [1.54, 1.807) is 0 Å². The summed E-state index contributed by atoms with van der Waals surface area (Å²) in [5.74, 6) is 0.503. The molecule has 4 fully saturated rings. The Hall–Kier alpha value is -0.390. The molecule has 0 amide bonds. The third kappa shape index (κ3) is 3.88. The standard InChI is InChI=1S/C15H29FN6O2/c16-10-6-17-9-23-4-3-22-18-7-14(21-22)15-12-5-11(24-8-10)1-2-13(12)19-20-15/h10-15,17-21H,1-9H2/t10-,11?,12?,13?,14?,15?/m1/s1. The SMILES string of the molecule is F[C@@H]1CNCOCCN2NCC(N2)C2NNC3CCC(CC32)OC1.